The van der Waals surface area contributed by atoms with Gasteiger partial charge in [0.05, 0.1) is 5.69 Å². The molecular weight excluding hydrogens is 238 g/mol. The van der Waals surface area contributed by atoms with E-state index in [1.165, 1.54) is 10.5 Å². The number of rotatable bonds is 3. The number of hydrogen-bond acceptors (Lipinski definition) is 2. The smallest absolute Gasteiger partial charge is 0.129 e. The van der Waals surface area contributed by atoms with Crippen LogP contribution in [0.5, 0.6) is 0 Å². The van der Waals surface area contributed by atoms with Crippen LogP contribution in [-0.4, -0.2) is 4.98 Å². The number of nitrogens with zero attached hydrogens (tertiary/aromatic N) is 1. The van der Waals surface area contributed by atoms with Crippen molar-refractivity contribution in [2.24, 2.45) is 0 Å². The number of benzene rings is 1. The van der Waals surface area contributed by atoms with Crippen LogP contribution >= 0.6 is 23.4 Å². The van der Waals surface area contributed by atoms with E-state index in [1.54, 1.807) is 17.8 Å². The zero-order valence-electron chi connectivity index (χ0n) is 8.98. The molecule has 0 aliphatic carbocycles. The summed E-state index contributed by atoms with van der Waals surface area (Å²) in [6.45, 7) is 2.12. The molecule has 0 spiro atoms. The van der Waals surface area contributed by atoms with Crippen molar-refractivity contribution in [3.8, 4) is 0 Å². The van der Waals surface area contributed by atoms with Crippen molar-refractivity contribution in [3.05, 3.63) is 58.9 Å². The molecule has 1 heterocycles. The van der Waals surface area contributed by atoms with Crippen molar-refractivity contribution in [1.29, 1.82) is 0 Å². The summed E-state index contributed by atoms with van der Waals surface area (Å²) in [5.41, 5.74) is 2.32. The van der Waals surface area contributed by atoms with E-state index in [0.717, 1.165) is 11.4 Å². The summed E-state index contributed by atoms with van der Waals surface area (Å²) in [5.74, 6) is 0.853. The SMILES string of the molecule is Cc1ccccc1SCc1cccc(Cl)n1. The maximum absolute atomic E-state index is 5.84. The van der Waals surface area contributed by atoms with Crippen LogP contribution in [0.1, 0.15) is 11.3 Å². The summed E-state index contributed by atoms with van der Waals surface area (Å²) in [7, 11) is 0. The minimum absolute atomic E-state index is 0.558. The lowest BCUT2D eigenvalue weighted by molar-refractivity contribution is 1.17. The van der Waals surface area contributed by atoms with Gasteiger partial charge in [-0.3, -0.25) is 0 Å². The molecule has 0 bridgehead atoms. The highest BCUT2D eigenvalue weighted by atomic mass is 35.5. The van der Waals surface area contributed by atoms with Gasteiger partial charge in [-0.25, -0.2) is 4.98 Å². The Morgan fingerprint density at radius 2 is 1.94 bits per heavy atom. The number of thioether (sulfide) groups is 1. The molecule has 82 valence electrons. The Morgan fingerprint density at radius 3 is 2.69 bits per heavy atom. The van der Waals surface area contributed by atoms with E-state index >= 15 is 0 Å². The number of aromatic nitrogens is 1. The molecule has 0 aliphatic rings. The molecule has 0 fully saturated rings. The van der Waals surface area contributed by atoms with Crippen LogP contribution in [0.15, 0.2) is 47.4 Å². The molecule has 0 unspecified atom stereocenters. The first-order chi connectivity index (χ1) is 7.75. The molecule has 2 rings (SSSR count). The van der Waals surface area contributed by atoms with Gasteiger partial charge in [-0.1, -0.05) is 35.9 Å². The van der Waals surface area contributed by atoms with E-state index in [9.17, 15) is 0 Å². The molecule has 0 N–H and O–H groups in total. The van der Waals surface area contributed by atoms with E-state index < -0.39 is 0 Å². The van der Waals surface area contributed by atoms with Crippen LogP contribution in [-0.2, 0) is 5.75 Å². The summed E-state index contributed by atoms with van der Waals surface area (Å²) in [6.07, 6.45) is 0. The zero-order valence-corrected chi connectivity index (χ0v) is 10.6. The third kappa shape index (κ3) is 3.00. The van der Waals surface area contributed by atoms with Gasteiger partial charge in [0.2, 0.25) is 0 Å². The van der Waals surface area contributed by atoms with Gasteiger partial charge in [-0.2, -0.15) is 0 Å². The molecule has 0 saturated heterocycles. The highest BCUT2D eigenvalue weighted by Crippen LogP contribution is 2.25. The quantitative estimate of drug-likeness (QED) is 0.593. The Bertz CT molecular complexity index is 485. The lowest BCUT2D eigenvalue weighted by atomic mass is 10.2. The minimum atomic E-state index is 0.558. The molecule has 0 amide bonds. The largest absolute Gasteiger partial charge is 0.240 e. The average Bonchev–Trinajstić information content (AvgIpc) is 2.28. The van der Waals surface area contributed by atoms with Gasteiger partial charge in [0, 0.05) is 10.6 Å². The standard InChI is InChI=1S/C13H12ClNS/c1-10-5-2-3-7-12(10)16-9-11-6-4-8-13(14)15-11/h2-8H,9H2,1H3. The number of halogens is 1. The van der Waals surface area contributed by atoms with Crippen LogP contribution in [0.4, 0.5) is 0 Å². The fourth-order valence-corrected chi connectivity index (χ4v) is 2.52. The number of pyridine rings is 1. The van der Waals surface area contributed by atoms with Crippen molar-refractivity contribution >= 4 is 23.4 Å². The second-order valence-electron chi connectivity index (χ2n) is 3.51. The van der Waals surface area contributed by atoms with E-state index in [-0.39, 0.29) is 0 Å². The lowest BCUT2D eigenvalue weighted by Gasteiger charge is -2.04. The third-order valence-electron chi connectivity index (χ3n) is 2.24. The molecule has 1 aromatic carbocycles. The maximum atomic E-state index is 5.84. The molecule has 16 heavy (non-hydrogen) atoms. The van der Waals surface area contributed by atoms with Crippen LogP contribution in [0.3, 0.4) is 0 Å². The van der Waals surface area contributed by atoms with Gasteiger partial charge >= 0.3 is 0 Å². The maximum Gasteiger partial charge on any atom is 0.129 e. The van der Waals surface area contributed by atoms with Crippen molar-refractivity contribution in [2.75, 3.05) is 0 Å². The third-order valence-corrected chi connectivity index (χ3v) is 3.66. The Hall–Kier alpha value is -0.990. The van der Waals surface area contributed by atoms with Gasteiger partial charge in [0.25, 0.3) is 0 Å². The van der Waals surface area contributed by atoms with E-state index in [0.29, 0.717) is 5.15 Å². The summed E-state index contributed by atoms with van der Waals surface area (Å²) in [5, 5.41) is 0.558. The summed E-state index contributed by atoms with van der Waals surface area (Å²) >= 11 is 7.63. The van der Waals surface area contributed by atoms with Crippen molar-refractivity contribution < 1.29 is 0 Å². The molecule has 3 heteroatoms. The van der Waals surface area contributed by atoms with Crippen LogP contribution in [0.2, 0.25) is 5.15 Å². The molecular formula is C13H12ClNS. The molecule has 0 atom stereocenters. The first kappa shape index (κ1) is 11.5. The minimum Gasteiger partial charge on any atom is -0.240 e. The molecule has 0 radical (unpaired) electrons. The van der Waals surface area contributed by atoms with Crippen molar-refractivity contribution in [1.82, 2.24) is 4.98 Å². The van der Waals surface area contributed by atoms with Gasteiger partial charge < -0.3 is 0 Å². The fourth-order valence-electron chi connectivity index (χ4n) is 1.40. The molecule has 0 saturated carbocycles. The topological polar surface area (TPSA) is 12.9 Å². The Labute approximate surface area is 105 Å². The second kappa shape index (κ2) is 5.37. The summed E-state index contributed by atoms with van der Waals surface area (Å²) in [4.78, 5) is 5.56. The van der Waals surface area contributed by atoms with Gasteiger partial charge in [0.15, 0.2) is 0 Å². The molecule has 1 aromatic heterocycles. The van der Waals surface area contributed by atoms with Crippen molar-refractivity contribution in [3.63, 3.8) is 0 Å². The van der Waals surface area contributed by atoms with Crippen LogP contribution in [0, 0.1) is 6.92 Å². The number of hydrogen-bond donors (Lipinski definition) is 0. The normalized spacial score (nSPS) is 10.4. The first-order valence-electron chi connectivity index (χ1n) is 5.05. The zero-order chi connectivity index (χ0) is 11.4. The Morgan fingerprint density at radius 1 is 1.12 bits per heavy atom. The van der Waals surface area contributed by atoms with E-state index in [1.807, 2.05) is 12.1 Å². The lowest BCUT2D eigenvalue weighted by Crippen LogP contribution is -1.87. The predicted octanol–water partition coefficient (Wildman–Crippen LogP) is 4.34. The first-order valence-corrected chi connectivity index (χ1v) is 6.42. The van der Waals surface area contributed by atoms with E-state index in [2.05, 4.69) is 36.2 Å². The summed E-state index contributed by atoms with van der Waals surface area (Å²) in [6, 6.07) is 14.1. The molecule has 0 aliphatic heterocycles. The van der Waals surface area contributed by atoms with E-state index in [4.69, 9.17) is 11.6 Å². The van der Waals surface area contributed by atoms with Gasteiger partial charge in [-0.15, -0.1) is 11.8 Å². The second-order valence-corrected chi connectivity index (χ2v) is 4.91. The predicted molar refractivity (Wildman–Crippen MR) is 70.0 cm³/mol. The van der Waals surface area contributed by atoms with Crippen LogP contribution < -0.4 is 0 Å². The van der Waals surface area contributed by atoms with Crippen LogP contribution in [0.25, 0.3) is 0 Å². The van der Waals surface area contributed by atoms with Crippen molar-refractivity contribution in [2.45, 2.75) is 17.6 Å². The van der Waals surface area contributed by atoms with Gasteiger partial charge in [-0.05, 0) is 30.7 Å². The molecule has 2 aromatic rings. The Balaban J connectivity index is 2.05. The van der Waals surface area contributed by atoms with Gasteiger partial charge in [0.1, 0.15) is 5.15 Å². The highest BCUT2D eigenvalue weighted by Gasteiger charge is 2.00. The Kier molecular flexibility index (Phi) is 3.86. The number of aryl methyl sites for hydroxylation is 1. The average molecular weight is 250 g/mol. The highest BCUT2D eigenvalue weighted by molar-refractivity contribution is 7.98. The molecule has 1 nitrogen and oxygen atoms in total. The summed E-state index contributed by atoms with van der Waals surface area (Å²) < 4.78 is 0. The fraction of sp³-hybridized carbons (Fsp3) is 0.154. The monoisotopic (exact) mass is 249 g/mol.